The molecule has 5 heteroatoms. The van der Waals surface area contributed by atoms with Crippen LogP contribution in [0.2, 0.25) is 0 Å². The van der Waals surface area contributed by atoms with E-state index in [1.54, 1.807) is 30.3 Å². The van der Waals surface area contributed by atoms with E-state index in [0.717, 1.165) is 35.6 Å². The Balaban J connectivity index is 1.40. The molecule has 41 heavy (non-hydrogen) atoms. The number of carbonyl (C=O) groups is 2. The quantitative estimate of drug-likeness (QED) is 0.271. The summed E-state index contributed by atoms with van der Waals surface area (Å²) in [6.45, 7) is 2.22. The Labute approximate surface area is 239 Å². The van der Waals surface area contributed by atoms with E-state index in [9.17, 15) is 14.9 Å². The van der Waals surface area contributed by atoms with Crippen molar-refractivity contribution in [1.29, 1.82) is 5.26 Å². The molecule has 2 aliphatic rings. The molecule has 0 spiro atoms. The van der Waals surface area contributed by atoms with Gasteiger partial charge in [0.25, 0.3) is 5.91 Å². The number of nitrogens with zero attached hydrogens (tertiary/aromatic N) is 2. The van der Waals surface area contributed by atoms with Gasteiger partial charge in [-0.25, -0.2) is 0 Å². The summed E-state index contributed by atoms with van der Waals surface area (Å²) in [5.74, 6) is -0.151. The first kappa shape index (κ1) is 26.4. The van der Waals surface area contributed by atoms with Gasteiger partial charge in [-0.05, 0) is 101 Å². The highest BCUT2D eigenvalue weighted by molar-refractivity contribution is 6.24. The van der Waals surface area contributed by atoms with Gasteiger partial charge in [-0.1, -0.05) is 60.7 Å². The van der Waals surface area contributed by atoms with Crippen molar-refractivity contribution >= 4 is 29.0 Å². The van der Waals surface area contributed by atoms with E-state index in [2.05, 4.69) is 52.7 Å². The number of carbonyl (C=O) groups excluding carboxylic acids is 2. The second-order valence-electron chi connectivity index (χ2n) is 10.8. The molecule has 6 rings (SSSR count). The van der Waals surface area contributed by atoms with Crippen molar-refractivity contribution in [2.24, 2.45) is 0 Å². The Morgan fingerprint density at radius 3 is 2.41 bits per heavy atom. The molecule has 1 atom stereocenters. The maximum atomic E-state index is 13.9. The first-order valence-electron chi connectivity index (χ1n) is 14.0. The first-order valence-corrected chi connectivity index (χ1v) is 14.0. The number of ketones is 1. The zero-order chi connectivity index (χ0) is 28.5. The highest BCUT2D eigenvalue weighted by Gasteiger charge is 2.26. The van der Waals surface area contributed by atoms with Crippen molar-refractivity contribution in [2.45, 2.75) is 32.2 Å². The molecule has 0 saturated carbocycles. The Morgan fingerprint density at radius 1 is 0.902 bits per heavy atom. The van der Waals surface area contributed by atoms with Crippen LogP contribution in [0.4, 0.5) is 5.69 Å². The molecule has 2 aliphatic carbocycles. The summed E-state index contributed by atoms with van der Waals surface area (Å²) >= 11 is 0. The number of nitriles is 1. The summed E-state index contributed by atoms with van der Waals surface area (Å²) in [5, 5.41) is 16.9. The van der Waals surface area contributed by atoms with Gasteiger partial charge < -0.3 is 5.32 Å². The van der Waals surface area contributed by atoms with Gasteiger partial charge in [-0.15, -0.1) is 0 Å². The summed E-state index contributed by atoms with van der Waals surface area (Å²) in [6, 6.07) is 29.5. The second-order valence-corrected chi connectivity index (χ2v) is 10.8. The van der Waals surface area contributed by atoms with Gasteiger partial charge >= 0.3 is 0 Å². The highest BCUT2D eigenvalue weighted by atomic mass is 16.1. The molecule has 5 nitrogen and oxygen atoms in total. The molecule has 0 aliphatic heterocycles. The lowest BCUT2D eigenvalue weighted by Gasteiger charge is -2.30. The fourth-order valence-corrected chi connectivity index (χ4v) is 6.21. The molecule has 0 heterocycles. The zero-order valence-corrected chi connectivity index (χ0v) is 23.3. The van der Waals surface area contributed by atoms with Gasteiger partial charge in [-0.3, -0.25) is 14.5 Å². The number of nitrogens with one attached hydrogen (secondary N) is 1. The Hall–Kier alpha value is -4.79. The van der Waals surface area contributed by atoms with Crippen molar-refractivity contribution in [1.82, 2.24) is 4.90 Å². The van der Waals surface area contributed by atoms with Gasteiger partial charge in [0.05, 0.1) is 18.7 Å². The SMILES string of the molecule is Cc1ccccc1C(=O)Nc1ccc(C(=O)C2=c3ccc4c(c3CCC2)C(N(C)CC#N)C=c2ccccc2=4)cc1. The van der Waals surface area contributed by atoms with Crippen molar-refractivity contribution in [3.05, 3.63) is 134 Å². The van der Waals surface area contributed by atoms with Crippen LogP contribution in [0, 0.1) is 28.7 Å². The van der Waals surface area contributed by atoms with Crippen molar-refractivity contribution in [3.63, 3.8) is 0 Å². The van der Waals surface area contributed by atoms with Gasteiger partial charge in [0, 0.05) is 22.4 Å². The number of Topliss-reactive ketones (excluding diaryl/α,β-unsaturated/α-hetero) is 1. The van der Waals surface area contributed by atoms with E-state index in [1.165, 1.54) is 26.8 Å². The normalized spacial score (nSPS) is 15.2. The number of rotatable bonds is 6. The van der Waals surface area contributed by atoms with Crippen LogP contribution in [-0.2, 0) is 6.42 Å². The van der Waals surface area contributed by atoms with Gasteiger partial charge in [0.1, 0.15) is 0 Å². The Morgan fingerprint density at radius 2 is 1.63 bits per heavy atom. The van der Waals surface area contributed by atoms with E-state index >= 15 is 0 Å². The average Bonchev–Trinajstić information content (AvgIpc) is 3.00. The smallest absolute Gasteiger partial charge is 0.255 e. The largest absolute Gasteiger partial charge is 0.322 e. The third-order valence-electron chi connectivity index (χ3n) is 8.28. The molecule has 0 bridgehead atoms. The lowest BCUT2D eigenvalue weighted by atomic mass is 9.82. The van der Waals surface area contributed by atoms with E-state index in [-0.39, 0.29) is 17.7 Å². The van der Waals surface area contributed by atoms with Crippen molar-refractivity contribution < 1.29 is 9.59 Å². The van der Waals surface area contributed by atoms with Crippen LogP contribution in [0.3, 0.4) is 0 Å². The molecule has 1 unspecified atom stereocenters. The monoisotopic (exact) mass is 537 g/mol. The van der Waals surface area contributed by atoms with E-state index in [1.807, 2.05) is 38.2 Å². The Bertz CT molecular complexity index is 1950. The predicted octanol–water partition coefficient (Wildman–Crippen LogP) is 5.19. The average molecular weight is 538 g/mol. The molecule has 202 valence electrons. The summed E-state index contributed by atoms with van der Waals surface area (Å²) < 4.78 is 0. The molecule has 4 aromatic rings. The number of amides is 1. The minimum absolute atomic E-state index is 0.0183. The number of hydrogen-bond acceptors (Lipinski definition) is 4. The summed E-state index contributed by atoms with van der Waals surface area (Å²) in [4.78, 5) is 28.7. The number of hydrogen-bond donors (Lipinski definition) is 1. The van der Waals surface area contributed by atoms with Crippen LogP contribution in [0.25, 0.3) is 11.6 Å². The molecule has 4 aromatic carbocycles. The number of anilines is 1. The van der Waals surface area contributed by atoms with Crippen molar-refractivity contribution in [3.8, 4) is 6.07 Å². The molecular weight excluding hydrogens is 506 g/mol. The minimum atomic E-state index is -0.170. The fourth-order valence-electron chi connectivity index (χ4n) is 6.21. The molecular formula is C36H31N3O2. The summed E-state index contributed by atoms with van der Waals surface area (Å²) in [5.41, 5.74) is 6.03. The molecule has 0 aromatic heterocycles. The van der Waals surface area contributed by atoms with Gasteiger partial charge in [0.15, 0.2) is 5.78 Å². The van der Waals surface area contributed by atoms with Crippen LogP contribution >= 0.6 is 0 Å². The third kappa shape index (κ3) is 4.88. The standard InChI is InChI=1S/C36H31N3O2/c1-23-8-3-5-10-27(23)36(41)38-26-16-14-24(15-17-26)35(40)32-13-7-12-30-29(32)18-19-31-28-11-6-4-9-25(28)22-33(34(30)31)39(2)21-20-37/h3-6,8-11,14-19,22,33H,7,12-13,21H2,1-2H3,(H,38,41). The number of aryl methyl sites for hydroxylation is 1. The topological polar surface area (TPSA) is 73.2 Å². The second kappa shape index (κ2) is 11.0. The van der Waals surface area contributed by atoms with Crippen molar-refractivity contribution in [2.75, 3.05) is 18.9 Å². The third-order valence-corrected chi connectivity index (χ3v) is 8.28. The number of fused-ring (bicyclic) bond motifs is 4. The number of benzene rings is 4. The predicted molar refractivity (Wildman–Crippen MR) is 162 cm³/mol. The maximum Gasteiger partial charge on any atom is 0.255 e. The maximum absolute atomic E-state index is 13.9. The summed E-state index contributed by atoms with van der Waals surface area (Å²) in [7, 11) is 1.99. The lowest BCUT2D eigenvalue weighted by Crippen LogP contribution is -2.32. The lowest BCUT2D eigenvalue weighted by molar-refractivity contribution is 0.102. The van der Waals surface area contributed by atoms with E-state index < -0.39 is 0 Å². The summed E-state index contributed by atoms with van der Waals surface area (Å²) in [6.07, 6.45) is 4.75. The van der Waals surface area contributed by atoms with Crippen LogP contribution < -0.4 is 15.8 Å². The van der Waals surface area contributed by atoms with Crippen LogP contribution in [-0.4, -0.2) is 30.2 Å². The minimum Gasteiger partial charge on any atom is -0.322 e. The Kier molecular flexibility index (Phi) is 7.09. The molecule has 0 radical (unpaired) electrons. The first-order chi connectivity index (χ1) is 20.0. The van der Waals surface area contributed by atoms with E-state index in [0.29, 0.717) is 23.4 Å². The van der Waals surface area contributed by atoms with Crippen LogP contribution in [0.5, 0.6) is 0 Å². The molecule has 1 amide bonds. The molecule has 0 saturated heterocycles. The van der Waals surface area contributed by atoms with Crippen LogP contribution in [0.15, 0.2) is 84.9 Å². The van der Waals surface area contributed by atoms with Gasteiger partial charge in [-0.2, -0.15) is 5.26 Å². The van der Waals surface area contributed by atoms with E-state index in [4.69, 9.17) is 0 Å². The van der Waals surface area contributed by atoms with Crippen LogP contribution in [0.1, 0.15) is 56.3 Å². The van der Waals surface area contributed by atoms with Gasteiger partial charge in [0.2, 0.25) is 0 Å². The molecule has 0 fully saturated rings. The molecule has 1 N–H and O–H groups in total. The fraction of sp³-hybridized carbons (Fsp3) is 0.194. The zero-order valence-electron chi connectivity index (χ0n) is 23.3. The highest BCUT2D eigenvalue weighted by Crippen LogP contribution is 2.31.